The molecule has 28 heavy (non-hydrogen) atoms. The molecule has 1 N–H and O–H groups in total. The lowest BCUT2D eigenvalue weighted by Gasteiger charge is -2.29. The highest BCUT2D eigenvalue weighted by Crippen LogP contribution is 2.34. The minimum absolute atomic E-state index is 0.343. The number of morpholine rings is 1. The number of nitriles is 2. The van der Waals surface area contributed by atoms with Gasteiger partial charge in [0.15, 0.2) is 5.92 Å². The SMILES string of the molecule is N#Cc1cccc(C2=Nc3cc(N4CCOCC4)ccc3NC(=O)C2C#N)c1. The average Bonchev–Trinajstić information content (AvgIpc) is 2.89. The fraction of sp³-hybridized carbons (Fsp3) is 0.238. The van der Waals surface area contributed by atoms with Gasteiger partial charge in [0.25, 0.3) is 0 Å². The molecule has 0 aromatic heterocycles. The molecule has 7 heteroatoms. The number of amides is 1. The monoisotopic (exact) mass is 371 g/mol. The molecule has 1 atom stereocenters. The normalized spacial score (nSPS) is 18.8. The number of carbonyl (C=O) groups excluding carboxylic acids is 1. The average molecular weight is 371 g/mol. The van der Waals surface area contributed by atoms with E-state index >= 15 is 0 Å². The topological polar surface area (TPSA) is 102 Å². The molecule has 0 aliphatic carbocycles. The van der Waals surface area contributed by atoms with E-state index in [-0.39, 0.29) is 0 Å². The third kappa shape index (κ3) is 3.32. The van der Waals surface area contributed by atoms with Gasteiger partial charge in [-0.1, -0.05) is 12.1 Å². The second kappa shape index (κ2) is 7.51. The summed E-state index contributed by atoms with van der Waals surface area (Å²) in [6, 6.07) is 16.6. The first-order valence-corrected chi connectivity index (χ1v) is 8.96. The maximum atomic E-state index is 12.6. The number of aliphatic imine (C=N–C) groups is 1. The fourth-order valence-corrected chi connectivity index (χ4v) is 3.36. The van der Waals surface area contributed by atoms with Crippen molar-refractivity contribution < 1.29 is 9.53 Å². The molecular weight excluding hydrogens is 354 g/mol. The van der Waals surface area contributed by atoms with Gasteiger partial charge in [0.1, 0.15) is 0 Å². The van der Waals surface area contributed by atoms with Gasteiger partial charge in [0, 0.05) is 18.8 Å². The number of hydrogen-bond donors (Lipinski definition) is 1. The molecule has 2 aromatic carbocycles. The van der Waals surface area contributed by atoms with Crippen molar-refractivity contribution in [2.45, 2.75) is 0 Å². The van der Waals surface area contributed by atoms with Gasteiger partial charge in [0.05, 0.1) is 48.0 Å². The first-order chi connectivity index (χ1) is 13.7. The fourth-order valence-electron chi connectivity index (χ4n) is 3.36. The van der Waals surface area contributed by atoms with E-state index in [0.29, 0.717) is 41.4 Å². The molecule has 2 aliphatic heterocycles. The number of benzene rings is 2. The number of hydrogen-bond acceptors (Lipinski definition) is 6. The molecular formula is C21H17N5O2. The van der Waals surface area contributed by atoms with E-state index in [2.05, 4.69) is 21.3 Å². The minimum Gasteiger partial charge on any atom is -0.378 e. The molecule has 7 nitrogen and oxygen atoms in total. The standard InChI is InChI=1S/C21H17N5O2/c22-12-14-2-1-3-15(10-14)20-17(13-23)21(27)25-18-5-4-16(11-19(18)24-20)26-6-8-28-9-7-26/h1-5,10-11,17H,6-9H2,(H,25,27). The molecule has 1 saturated heterocycles. The third-order valence-electron chi connectivity index (χ3n) is 4.81. The van der Waals surface area contributed by atoms with Crippen molar-refractivity contribution >= 4 is 28.7 Å². The quantitative estimate of drug-likeness (QED) is 0.874. The molecule has 2 aromatic rings. The summed E-state index contributed by atoms with van der Waals surface area (Å²) in [5, 5.41) is 21.6. The van der Waals surface area contributed by atoms with E-state index in [4.69, 9.17) is 4.74 Å². The largest absolute Gasteiger partial charge is 0.378 e. The molecule has 138 valence electrons. The summed E-state index contributed by atoms with van der Waals surface area (Å²) in [4.78, 5) is 19.5. The second-order valence-corrected chi connectivity index (χ2v) is 6.54. The van der Waals surface area contributed by atoms with Crippen LogP contribution in [0.5, 0.6) is 0 Å². The van der Waals surface area contributed by atoms with Gasteiger partial charge >= 0.3 is 0 Å². The third-order valence-corrected chi connectivity index (χ3v) is 4.81. The van der Waals surface area contributed by atoms with Crippen LogP contribution in [-0.2, 0) is 9.53 Å². The van der Waals surface area contributed by atoms with Crippen LogP contribution in [0, 0.1) is 28.6 Å². The van der Waals surface area contributed by atoms with Crippen LogP contribution >= 0.6 is 0 Å². The van der Waals surface area contributed by atoms with Crippen molar-refractivity contribution in [3.8, 4) is 12.1 Å². The Hall–Kier alpha value is -3.68. The van der Waals surface area contributed by atoms with Gasteiger partial charge in [-0.3, -0.25) is 4.79 Å². The number of ether oxygens (including phenoxy) is 1. The van der Waals surface area contributed by atoms with E-state index in [0.717, 1.165) is 18.8 Å². The van der Waals surface area contributed by atoms with E-state index in [1.165, 1.54) is 0 Å². The maximum Gasteiger partial charge on any atom is 0.247 e. The number of anilines is 2. The van der Waals surface area contributed by atoms with Gasteiger partial charge in [-0.15, -0.1) is 0 Å². The van der Waals surface area contributed by atoms with Crippen LogP contribution < -0.4 is 10.2 Å². The van der Waals surface area contributed by atoms with Gasteiger partial charge in [-0.2, -0.15) is 10.5 Å². The van der Waals surface area contributed by atoms with E-state index in [9.17, 15) is 15.3 Å². The summed E-state index contributed by atoms with van der Waals surface area (Å²) < 4.78 is 5.40. The first kappa shape index (κ1) is 17.7. The Balaban J connectivity index is 1.82. The van der Waals surface area contributed by atoms with Crippen molar-refractivity contribution in [1.82, 2.24) is 0 Å². The predicted octanol–water partition coefficient (Wildman–Crippen LogP) is 2.61. The Morgan fingerprint density at radius 2 is 1.96 bits per heavy atom. The van der Waals surface area contributed by atoms with Crippen LogP contribution in [0.4, 0.5) is 17.1 Å². The molecule has 0 spiro atoms. The number of rotatable bonds is 2. The summed E-state index contributed by atoms with van der Waals surface area (Å²) in [5.41, 5.74) is 3.52. The van der Waals surface area contributed by atoms with Crippen molar-refractivity contribution in [2.24, 2.45) is 10.9 Å². The lowest BCUT2D eigenvalue weighted by atomic mass is 9.96. The van der Waals surface area contributed by atoms with Crippen molar-refractivity contribution in [2.75, 3.05) is 36.5 Å². The first-order valence-electron chi connectivity index (χ1n) is 8.96. The molecule has 0 radical (unpaired) electrons. The lowest BCUT2D eigenvalue weighted by molar-refractivity contribution is -0.116. The van der Waals surface area contributed by atoms with Gasteiger partial charge in [-0.25, -0.2) is 4.99 Å². The second-order valence-electron chi connectivity index (χ2n) is 6.54. The number of carbonyl (C=O) groups is 1. The zero-order chi connectivity index (χ0) is 19.5. The highest BCUT2D eigenvalue weighted by molar-refractivity contribution is 6.21. The van der Waals surface area contributed by atoms with Crippen LogP contribution in [0.15, 0.2) is 47.5 Å². The highest BCUT2D eigenvalue weighted by atomic mass is 16.5. The Bertz CT molecular complexity index is 1040. The summed E-state index contributed by atoms with van der Waals surface area (Å²) in [5.74, 6) is -1.49. The van der Waals surface area contributed by atoms with Crippen molar-refractivity contribution in [3.05, 3.63) is 53.6 Å². The zero-order valence-corrected chi connectivity index (χ0v) is 15.1. The van der Waals surface area contributed by atoms with Crippen LogP contribution in [0.2, 0.25) is 0 Å². The van der Waals surface area contributed by atoms with E-state index in [1.54, 1.807) is 24.3 Å². The lowest BCUT2D eigenvalue weighted by Crippen LogP contribution is -2.36. The van der Waals surface area contributed by atoms with Gasteiger partial charge < -0.3 is 15.0 Å². The molecule has 2 heterocycles. The molecule has 2 aliphatic rings. The molecule has 0 saturated carbocycles. The Morgan fingerprint density at radius 3 is 2.71 bits per heavy atom. The maximum absolute atomic E-state index is 12.6. The summed E-state index contributed by atoms with van der Waals surface area (Å²) in [7, 11) is 0. The number of nitrogens with one attached hydrogen (secondary N) is 1. The summed E-state index contributed by atoms with van der Waals surface area (Å²) in [6.45, 7) is 2.90. The van der Waals surface area contributed by atoms with Crippen LogP contribution in [0.25, 0.3) is 0 Å². The highest BCUT2D eigenvalue weighted by Gasteiger charge is 2.29. The molecule has 1 amide bonds. The number of fused-ring (bicyclic) bond motifs is 1. The summed E-state index contributed by atoms with van der Waals surface area (Å²) >= 11 is 0. The zero-order valence-electron chi connectivity index (χ0n) is 15.1. The molecule has 1 fully saturated rings. The van der Waals surface area contributed by atoms with Gasteiger partial charge in [0.2, 0.25) is 5.91 Å². The Labute approximate surface area is 162 Å². The number of nitrogens with zero attached hydrogens (tertiary/aromatic N) is 4. The van der Waals surface area contributed by atoms with E-state index < -0.39 is 11.8 Å². The van der Waals surface area contributed by atoms with Crippen LogP contribution in [0.3, 0.4) is 0 Å². The van der Waals surface area contributed by atoms with Crippen LogP contribution in [0.1, 0.15) is 11.1 Å². The van der Waals surface area contributed by atoms with Crippen molar-refractivity contribution in [1.29, 1.82) is 10.5 Å². The van der Waals surface area contributed by atoms with Crippen molar-refractivity contribution in [3.63, 3.8) is 0 Å². The van der Waals surface area contributed by atoms with E-state index in [1.807, 2.05) is 24.3 Å². The van der Waals surface area contributed by atoms with Gasteiger partial charge in [-0.05, 0) is 35.9 Å². The Morgan fingerprint density at radius 1 is 1.14 bits per heavy atom. The smallest absolute Gasteiger partial charge is 0.247 e. The molecule has 4 rings (SSSR count). The summed E-state index contributed by atoms with van der Waals surface area (Å²) in [6.07, 6.45) is 0. The predicted molar refractivity (Wildman–Crippen MR) is 105 cm³/mol. The molecule has 0 bridgehead atoms. The Kier molecular flexibility index (Phi) is 4.76. The minimum atomic E-state index is -1.06. The molecule has 1 unspecified atom stereocenters. The van der Waals surface area contributed by atoms with Crippen LogP contribution in [-0.4, -0.2) is 37.9 Å².